The van der Waals surface area contributed by atoms with Crippen molar-refractivity contribution in [3.05, 3.63) is 29.6 Å². The van der Waals surface area contributed by atoms with E-state index in [0.717, 1.165) is 22.5 Å². The average molecular weight is 398 g/mol. The lowest BCUT2D eigenvalue weighted by Crippen LogP contribution is -2.39. The van der Waals surface area contributed by atoms with Crippen LogP contribution in [0, 0.1) is 5.82 Å². The van der Waals surface area contributed by atoms with E-state index in [0.29, 0.717) is 4.90 Å². The molecule has 10 heteroatoms. The highest BCUT2D eigenvalue weighted by molar-refractivity contribution is 7.89. The van der Waals surface area contributed by atoms with E-state index in [9.17, 15) is 30.8 Å². The molecule has 148 valence electrons. The number of hydrogen-bond donors (Lipinski definition) is 0. The van der Waals surface area contributed by atoms with Gasteiger partial charge >= 0.3 is 6.18 Å². The molecule has 0 aliphatic rings. The van der Waals surface area contributed by atoms with Crippen LogP contribution in [-0.2, 0) is 10.0 Å². The quantitative estimate of drug-likeness (QED) is 0.632. The summed E-state index contributed by atoms with van der Waals surface area (Å²) in [6.07, 6.45) is -4.31. The first-order valence-corrected chi connectivity index (χ1v) is 9.57. The van der Waals surface area contributed by atoms with E-state index in [1.807, 2.05) is 0 Å². The van der Waals surface area contributed by atoms with E-state index < -0.39 is 39.4 Å². The van der Waals surface area contributed by atoms with Gasteiger partial charge in [-0.05, 0) is 24.6 Å². The molecule has 0 fully saturated rings. The van der Waals surface area contributed by atoms with Crippen molar-refractivity contribution in [3.63, 3.8) is 0 Å². The highest BCUT2D eigenvalue weighted by Gasteiger charge is 2.34. The maximum atomic E-state index is 14.1. The Labute approximate surface area is 150 Å². The van der Waals surface area contributed by atoms with Gasteiger partial charge in [0.2, 0.25) is 10.0 Å². The number of amides is 1. The Bertz CT molecular complexity index is 732. The Morgan fingerprint density at radius 1 is 1.12 bits per heavy atom. The molecule has 5 nitrogen and oxygen atoms in total. The van der Waals surface area contributed by atoms with Crippen LogP contribution in [0.25, 0.3) is 0 Å². The van der Waals surface area contributed by atoms with E-state index in [4.69, 9.17) is 0 Å². The first-order chi connectivity index (χ1) is 12.0. The number of benzene rings is 1. The number of rotatable bonds is 8. The van der Waals surface area contributed by atoms with Crippen LogP contribution in [0.2, 0.25) is 0 Å². The zero-order chi connectivity index (χ0) is 20.1. The number of alkyl halides is 3. The minimum absolute atomic E-state index is 0.0898. The molecule has 0 bridgehead atoms. The van der Waals surface area contributed by atoms with Gasteiger partial charge in [-0.15, -0.1) is 0 Å². The number of carbonyl (C=O) groups excluding carboxylic acids is 1. The average Bonchev–Trinajstić information content (AvgIpc) is 2.53. The molecule has 26 heavy (non-hydrogen) atoms. The Hall–Kier alpha value is -1.68. The highest BCUT2D eigenvalue weighted by Crippen LogP contribution is 2.23. The second-order valence-electron chi connectivity index (χ2n) is 5.58. The largest absolute Gasteiger partial charge is 0.406 e. The molecule has 0 radical (unpaired) electrons. The standard InChI is InChI=1S/C16H22F4N2O3S/c1-4-9-21(11-16(18,19)20)15(23)12-7-8-13(17)14(10-12)26(24,25)22(5-2)6-3/h7-8,10H,4-6,9,11H2,1-3H3. The molecule has 0 aromatic heterocycles. The molecule has 1 aromatic rings. The van der Waals surface area contributed by atoms with Crippen molar-refractivity contribution < 1.29 is 30.8 Å². The molecule has 0 heterocycles. The zero-order valence-electron chi connectivity index (χ0n) is 14.8. The predicted molar refractivity (Wildman–Crippen MR) is 88.8 cm³/mol. The molecule has 0 unspecified atom stereocenters. The monoisotopic (exact) mass is 398 g/mol. The molecule has 1 aromatic carbocycles. The zero-order valence-corrected chi connectivity index (χ0v) is 15.6. The minimum atomic E-state index is -4.60. The van der Waals surface area contributed by atoms with Gasteiger partial charge < -0.3 is 4.90 Å². The van der Waals surface area contributed by atoms with E-state index >= 15 is 0 Å². The summed E-state index contributed by atoms with van der Waals surface area (Å²) in [4.78, 5) is 12.3. The topological polar surface area (TPSA) is 57.7 Å². The van der Waals surface area contributed by atoms with Crippen LogP contribution < -0.4 is 0 Å². The van der Waals surface area contributed by atoms with Crippen LogP contribution >= 0.6 is 0 Å². The van der Waals surface area contributed by atoms with Crippen LogP contribution in [0.1, 0.15) is 37.6 Å². The van der Waals surface area contributed by atoms with E-state index in [-0.39, 0.29) is 31.6 Å². The van der Waals surface area contributed by atoms with Gasteiger partial charge in [-0.1, -0.05) is 20.8 Å². The summed E-state index contributed by atoms with van der Waals surface area (Å²) < 4.78 is 78.1. The van der Waals surface area contributed by atoms with Crippen LogP contribution in [0.5, 0.6) is 0 Å². The molecule has 0 aliphatic carbocycles. The van der Waals surface area contributed by atoms with E-state index in [1.54, 1.807) is 20.8 Å². The van der Waals surface area contributed by atoms with Crippen LogP contribution in [0.15, 0.2) is 23.1 Å². The molecule has 0 spiro atoms. The fourth-order valence-corrected chi connectivity index (χ4v) is 4.01. The van der Waals surface area contributed by atoms with Crippen molar-refractivity contribution in [3.8, 4) is 0 Å². The summed E-state index contributed by atoms with van der Waals surface area (Å²) in [5.74, 6) is -2.06. The van der Waals surface area contributed by atoms with Gasteiger partial charge in [0.05, 0.1) is 0 Å². The molecular formula is C16H22F4N2O3S. The first-order valence-electron chi connectivity index (χ1n) is 8.13. The Balaban J connectivity index is 3.32. The number of halogens is 4. The number of hydrogen-bond acceptors (Lipinski definition) is 3. The van der Waals surface area contributed by atoms with Gasteiger partial charge in [0.1, 0.15) is 17.3 Å². The summed E-state index contributed by atoms with van der Waals surface area (Å²) in [6.45, 7) is 3.31. The molecule has 0 atom stereocenters. The number of carbonyl (C=O) groups is 1. The molecular weight excluding hydrogens is 376 g/mol. The fraction of sp³-hybridized carbons (Fsp3) is 0.562. The van der Waals surface area contributed by atoms with Crippen LogP contribution in [0.3, 0.4) is 0 Å². The summed E-state index contributed by atoms with van der Waals surface area (Å²) in [5.41, 5.74) is -0.310. The second-order valence-corrected chi connectivity index (χ2v) is 7.48. The third-order valence-electron chi connectivity index (χ3n) is 3.65. The molecule has 1 amide bonds. The summed E-state index contributed by atoms with van der Waals surface area (Å²) >= 11 is 0. The van der Waals surface area contributed by atoms with Crippen LogP contribution in [0.4, 0.5) is 17.6 Å². The van der Waals surface area contributed by atoms with Crippen molar-refractivity contribution in [1.82, 2.24) is 9.21 Å². The normalized spacial score (nSPS) is 12.5. The maximum Gasteiger partial charge on any atom is 0.406 e. The van der Waals surface area contributed by atoms with Crippen molar-refractivity contribution in [2.45, 2.75) is 38.3 Å². The third kappa shape index (κ3) is 5.41. The summed E-state index contributed by atoms with van der Waals surface area (Å²) in [7, 11) is -4.20. The lowest BCUT2D eigenvalue weighted by molar-refractivity contribution is -0.140. The van der Waals surface area contributed by atoms with Crippen molar-refractivity contribution >= 4 is 15.9 Å². The van der Waals surface area contributed by atoms with Crippen molar-refractivity contribution in [1.29, 1.82) is 0 Å². The van der Waals surface area contributed by atoms with Gasteiger partial charge in [-0.25, -0.2) is 12.8 Å². The lowest BCUT2D eigenvalue weighted by atomic mass is 10.2. The molecule has 0 saturated carbocycles. The number of sulfonamides is 1. The second kappa shape index (κ2) is 8.81. The minimum Gasteiger partial charge on any atom is -0.330 e. The van der Waals surface area contributed by atoms with Gasteiger partial charge in [0.25, 0.3) is 5.91 Å². The molecule has 1 rings (SSSR count). The fourth-order valence-electron chi connectivity index (χ4n) is 2.46. The predicted octanol–water partition coefficient (Wildman–Crippen LogP) is 3.27. The Morgan fingerprint density at radius 3 is 2.15 bits per heavy atom. The van der Waals surface area contributed by atoms with E-state index in [2.05, 4.69) is 0 Å². The van der Waals surface area contributed by atoms with Gasteiger partial charge in [-0.3, -0.25) is 4.79 Å². The lowest BCUT2D eigenvalue weighted by Gasteiger charge is -2.24. The Morgan fingerprint density at radius 2 is 1.69 bits per heavy atom. The van der Waals surface area contributed by atoms with Crippen molar-refractivity contribution in [2.24, 2.45) is 0 Å². The van der Waals surface area contributed by atoms with Gasteiger partial charge in [-0.2, -0.15) is 17.5 Å². The van der Waals surface area contributed by atoms with Crippen LogP contribution in [-0.4, -0.2) is 55.9 Å². The smallest absolute Gasteiger partial charge is 0.330 e. The van der Waals surface area contributed by atoms with Gasteiger partial charge in [0, 0.05) is 25.2 Å². The first kappa shape index (κ1) is 22.4. The van der Waals surface area contributed by atoms with E-state index in [1.165, 1.54) is 0 Å². The summed E-state index contributed by atoms with van der Waals surface area (Å²) in [5, 5.41) is 0. The third-order valence-corrected chi connectivity index (χ3v) is 5.72. The number of nitrogens with zero attached hydrogens (tertiary/aromatic N) is 2. The molecule has 0 saturated heterocycles. The van der Waals surface area contributed by atoms with Gasteiger partial charge in [0.15, 0.2) is 0 Å². The maximum absolute atomic E-state index is 14.1. The highest BCUT2D eigenvalue weighted by atomic mass is 32.2. The SMILES string of the molecule is CCCN(CC(F)(F)F)C(=O)c1ccc(F)c(S(=O)(=O)N(CC)CC)c1. The summed E-state index contributed by atoms with van der Waals surface area (Å²) in [6, 6.07) is 2.56. The Kier molecular flexibility index (Phi) is 7.57. The molecule has 0 N–H and O–H groups in total. The molecule has 0 aliphatic heterocycles. The van der Waals surface area contributed by atoms with Crippen molar-refractivity contribution in [2.75, 3.05) is 26.2 Å².